The van der Waals surface area contributed by atoms with Gasteiger partial charge in [-0.05, 0) is 48.9 Å². The van der Waals surface area contributed by atoms with Gasteiger partial charge in [0.15, 0.2) is 0 Å². The van der Waals surface area contributed by atoms with E-state index in [1.54, 1.807) is 13.0 Å². The van der Waals surface area contributed by atoms with Crippen LogP contribution in [-0.2, 0) is 4.79 Å². The molecule has 3 rings (SSSR count). The van der Waals surface area contributed by atoms with Gasteiger partial charge >= 0.3 is 5.97 Å². The van der Waals surface area contributed by atoms with Crippen molar-refractivity contribution in [2.45, 2.75) is 25.3 Å². The fraction of sp³-hybridized carbons (Fsp3) is 0.286. The molecule has 1 amide bonds. The predicted octanol–water partition coefficient (Wildman–Crippen LogP) is 2.70. The fourth-order valence-corrected chi connectivity index (χ4v) is 3.29. The Bertz CT molecular complexity index is 733. The largest absolute Gasteiger partial charge is 0.480 e. The molecule has 1 aliphatic carbocycles. The summed E-state index contributed by atoms with van der Waals surface area (Å²) < 4.78 is 14.1. The van der Waals surface area contributed by atoms with Crippen molar-refractivity contribution in [1.29, 1.82) is 0 Å². The number of nitrogens with one attached hydrogen (secondary N) is 1. The fourth-order valence-electron chi connectivity index (χ4n) is 2.20. The number of carboxylic acids is 1. The van der Waals surface area contributed by atoms with Crippen molar-refractivity contribution in [3.63, 3.8) is 0 Å². The highest BCUT2D eigenvalue weighted by Crippen LogP contribution is 2.37. The van der Waals surface area contributed by atoms with Crippen LogP contribution < -0.4 is 5.32 Å². The molecule has 1 saturated carbocycles. The number of carbonyl (C=O) groups excluding carboxylic acids is 1. The van der Waals surface area contributed by atoms with Gasteiger partial charge in [-0.25, -0.2) is 9.18 Å². The smallest absolute Gasteiger partial charge is 0.329 e. The Morgan fingerprint density at radius 1 is 1.40 bits per heavy atom. The summed E-state index contributed by atoms with van der Waals surface area (Å²) in [6, 6.07) is 4.37. The topological polar surface area (TPSA) is 66.4 Å². The molecule has 0 aliphatic heterocycles. The lowest BCUT2D eigenvalue weighted by atomic mass is 10.1. The first-order valence-electron chi connectivity index (χ1n) is 6.17. The lowest BCUT2D eigenvalue weighted by molar-refractivity contribution is -0.140. The Morgan fingerprint density at radius 3 is 2.70 bits per heavy atom. The first-order valence-corrected chi connectivity index (χ1v) is 6.99. The number of thiophene rings is 1. The molecule has 1 fully saturated rings. The summed E-state index contributed by atoms with van der Waals surface area (Å²) in [5.41, 5.74) is -0.423. The third kappa shape index (κ3) is 1.96. The lowest BCUT2D eigenvalue weighted by Crippen LogP contribution is -2.42. The second-order valence-electron chi connectivity index (χ2n) is 5.04. The average Bonchev–Trinajstić information content (AvgIpc) is 3.10. The highest BCUT2D eigenvalue weighted by molar-refractivity contribution is 7.21. The van der Waals surface area contributed by atoms with E-state index in [0.29, 0.717) is 28.7 Å². The maximum atomic E-state index is 13.2. The number of carbonyl (C=O) groups is 2. The van der Waals surface area contributed by atoms with Crippen LogP contribution in [0.1, 0.15) is 28.1 Å². The molecule has 0 radical (unpaired) electrons. The molecule has 0 atom stereocenters. The summed E-state index contributed by atoms with van der Waals surface area (Å²) in [6.07, 6.45) is 0.902. The first-order chi connectivity index (χ1) is 9.43. The van der Waals surface area contributed by atoms with E-state index in [2.05, 4.69) is 5.32 Å². The number of carboxylic acid groups (broad SMARTS) is 1. The maximum absolute atomic E-state index is 13.2. The molecular weight excluding hydrogens is 281 g/mol. The predicted molar refractivity (Wildman–Crippen MR) is 73.6 cm³/mol. The molecule has 0 bridgehead atoms. The number of rotatable bonds is 3. The van der Waals surface area contributed by atoms with Gasteiger partial charge in [0.05, 0.1) is 4.88 Å². The number of hydrogen-bond donors (Lipinski definition) is 2. The van der Waals surface area contributed by atoms with Crippen LogP contribution in [0.15, 0.2) is 18.2 Å². The molecule has 2 N–H and O–H groups in total. The van der Waals surface area contributed by atoms with E-state index < -0.39 is 17.4 Å². The molecule has 1 aliphatic rings. The van der Waals surface area contributed by atoms with E-state index in [9.17, 15) is 14.0 Å². The summed E-state index contributed by atoms with van der Waals surface area (Å²) in [5.74, 6) is -1.76. The third-order valence-corrected chi connectivity index (χ3v) is 4.89. The number of aliphatic carboxylic acids is 1. The summed E-state index contributed by atoms with van der Waals surface area (Å²) >= 11 is 1.25. The van der Waals surface area contributed by atoms with Gasteiger partial charge in [-0.15, -0.1) is 11.3 Å². The van der Waals surface area contributed by atoms with Gasteiger partial charge in [-0.3, -0.25) is 4.79 Å². The molecule has 1 heterocycles. The minimum absolute atomic E-state index is 0.352. The zero-order valence-corrected chi connectivity index (χ0v) is 11.5. The van der Waals surface area contributed by atoms with E-state index >= 15 is 0 Å². The molecular formula is C14H12FNO3S. The van der Waals surface area contributed by atoms with Crippen molar-refractivity contribution in [3.05, 3.63) is 34.5 Å². The first kappa shape index (κ1) is 13.1. The highest BCUT2D eigenvalue weighted by Gasteiger charge is 2.51. The molecule has 1 aromatic carbocycles. The van der Waals surface area contributed by atoms with Crippen LogP contribution in [0.2, 0.25) is 0 Å². The average molecular weight is 293 g/mol. The van der Waals surface area contributed by atoms with Gasteiger partial charge in [0, 0.05) is 4.70 Å². The molecule has 0 spiro atoms. The van der Waals surface area contributed by atoms with Crippen molar-refractivity contribution >= 4 is 33.3 Å². The Labute approximate surface area is 118 Å². The normalized spacial score (nSPS) is 16.1. The molecule has 104 valence electrons. The zero-order chi connectivity index (χ0) is 14.5. The Morgan fingerprint density at radius 2 is 2.10 bits per heavy atom. The summed E-state index contributed by atoms with van der Waals surface area (Å²) in [6.45, 7) is 1.74. The van der Waals surface area contributed by atoms with E-state index in [1.807, 2.05) is 0 Å². The number of amides is 1. The van der Waals surface area contributed by atoms with Gasteiger partial charge in [-0.1, -0.05) is 0 Å². The van der Waals surface area contributed by atoms with Crippen LogP contribution in [0, 0.1) is 12.7 Å². The highest BCUT2D eigenvalue weighted by atomic mass is 32.1. The SMILES string of the molecule is Cc1c(C(=O)NC2(C(=O)O)CC2)sc2ccc(F)cc12. The Hall–Kier alpha value is -1.95. The van der Waals surface area contributed by atoms with Crippen LogP contribution >= 0.6 is 11.3 Å². The van der Waals surface area contributed by atoms with Crippen LogP contribution in [0.4, 0.5) is 4.39 Å². The van der Waals surface area contributed by atoms with Crippen LogP contribution in [0.5, 0.6) is 0 Å². The van der Waals surface area contributed by atoms with E-state index in [4.69, 9.17) is 5.11 Å². The Balaban J connectivity index is 1.96. The van der Waals surface area contributed by atoms with Crippen molar-refractivity contribution in [1.82, 2.24) is 5.32 Å². The second-order valence-corrected chi connectivity index (χ2v) is 6.09. The number of aryl methyl sites for hydroxylation is 1. The minimum Gasteiger partial charge on any atom is -0.480 e. The third-order valence-electron chi connectivity index (χ3n) is 3.62. The van der Waals surface area contributed by atoms with E-state index in [1.165, 1.54) is 23.5 Å². The second kappa shape index (κ2) is 4.28. The van der Waals surface area contributed by atoms with Gasteiger partial charge in [0.2, 0.25) is 0 Å². The molecule has 4 nitrogen and oxygen atoms in total. The summed E-state index contributed by atoms with van der Waals surface area (Å²) in [4.78, 5) is 23.8. The number of hydrogen-bond acceptors (Lipinski definition) is 3. The minimum atomic E-state index is -1.11. The molecule has 0 saturated heterocycles. The maximum Gasteiger partial charge on any atom is 0.329 e. The summed E-state index contributed by atoms with van der Waals surface area (Å²) in [5, 5.41) is 12.4. The molecule has 20 heavy (non-hydrogen) atoms. The van der Waals surface area contributed by atoms with Crippen molar-refractivity contribution < 1.29 is 19.1 Å². The van der Waals surface area contributed by atoms with E-state index in [-0.39, 0.29) is 5.82 Å². The van der Waals surface area contributed by atoms with Gasteiger partial charge in [0.1, 0.15) is 11.4 Å². The number of fused-ring (bicyclic) bond motifs is 1. The monoisotopic (exact) mass is 293 g/mol. The van der Waals surface area contributed by atoms with Gasteiger partial charge in [-0.2, -0.15) is 0 Å². The number of halogens is 1. The molecule has 2 aromatic rings. The van der Waals surface area contributed by atoms with Gasteiger partial charge in [0.25, 0.3) is 5.91 Å². The van der Waals surface area contributed by atoms with Crippen LogP contribution in [-0.4, -0.2) is 22.5 Å². The van der Waals surface area contributed by atoms with Crippen molar-refractivity contribution in [2.24, 2.45) is 0 Å². The van der Waals surface area contributed by atoms with Gasteiger partial charge < -0.3 is 10.4 Å². The van der Waals surface area contributed by atoms with E-state index in [0.717, 1.165) is 4.70 Å². The molecule has 6 heteroatoms. The Kier molecular flexibility index (Phi) is 2.79. The van der Waals surface area contributed by atoms with Crippen molar-refractivity contribution in [3.8, 4) is 0 Å². The van der Waals surface area contributed by atoms with Crippen LogP contribution in [0.25, 0.3) is 10.1 Å². The quantitative estimate of drug-likeness (QED) is 0.914. The van der Waals surface area contributed by atoms with Crippen molar-refractivity contribution in [2.75, 3.05) is 0 Å². The van der Waals surface area contributed by atoms with Crippen LogP contribution in [0.3, 0.4) is 0 Å². The summed E-state index contributed by atoms with van der Waals surface area (Å²) in [7, 11) is 0. The zero-order valence-electron chi connectivity index (χ0n) is 10.7. The molecule has 1 aromatic heterocycles. The lowest BCUT2D eigenvalue weighted by Gasteiger charge is -2.11. The number of benzene rings is 1. The standard InChI is InChI=1S/C14H12FNO3S/c1-7-9-6-8(15)2-3-10(9)20-11(7)12(17)16-14(4-5-14)13(18)19/h2-3,6H,4-5H2,1H3,(H,16,17)(H,18,19). The molecule has 0 unspecified atom stereocenters.